The number of aromatic nitrogens is 1. The van der Waals surface area contributed by atoms with E-state index in [4.69, 9.17) is 17.3 Å². The van der Waals surface area contributed by atoms with Crippen molar-refractivity contribution in [3.63, 3.8) is 0 Å². The minimum absolute atomic E-state index is 0.138. The molecular weight excluding hydrogens is 242 g/mol. The van der Waals surface area contributed by atoms with Crippen LogP contribution in [0.25, 0.3) is 0 Å². The number of pyridine rings is 1. The number of carbonyl (C=O) groups is 2. The summed E-state index contributed by atoms with van der Waals surface area (Å²) >= 11 is 5.95. The molecule has 90 valence electrons. The predicted molar refractivity (Wildman–Crippen MR) is 63.6 cm³/mol. The number of aryl methyl sites for hydroxylation is 1. The van der Waals surface area contributed by atoms with Crippen LogP contribution in [-0.4, -0.2) is 23.3 Å². The topological polar surface area (TPSA) is 76.3 Å². The zero-order valence-electron chi connectivity index (χ0n) is 9.31. The summed E-state index contributed by atoms with van der Waals surface area (Å²) in [5.41, 5.74) is 6.65. The van der Waals surface area contributed by atoms with Crippen LogP contribution in [0, 0.1) is 12.8 Å². The van der Waals surface area contributed by atoms with Crippen LogP contribution >= 0.6 is 11.6 Å². The van der Waals surface area contributed by atoms with Gasteiger partial charge in [-0.15, -0.1) is 0 Å². The van der Waals surface area contributed by atoms with E-state index < -0.39 is 11.8 Å². The average Bonchev–Trinajstić information content (AvgIpc) is 2.64. The Morgan fingerprint density at radius 2 is 2.35 bits per heavy atom. The van der Waals surface area contributed by atoms with E-state index >= 15 is 0 Å². The van der Waals surface area contributed by atoms with Gasteiger partial charge in [0.05, 0.1) is 11.6 Å². The SMILES string of the molecule is Cc1cnc(Cl)c(N2CC(C(N)=O)CC2=O)c1. The Morgan fingerprint density at radius 3 is 2.94 bits per heavy atom. The van der Waals surface area contributed by atoms with Crippen molar-refractivity contribution in [3.8, 4) is 0 Å². The summed E-state index contributed by atoms with van der Waals surface area (Å²) in [5, 5.41) is 0.258. The van der Waals surface area contributed by atoms with Crippen LogP contribution in [-0.2, 0) is 9.59 Å². The number of nitrogens with two attached hydrogens (primary N) is 1. The number of amides is 2. The summed E-state index contributed by atoms with van der Waals surface area (Å²) in [6.45, 7) is 2.14. The number of halogens is 1. The van der Waals surface area contributed by atoms with Crippen LogP contribution < -0.4 is 10.6 Å². The van der Waals surface area contributed by atoms with E-state index in [1.807, 2.05) is 6.92 Å². The molecule has 17 heavy (non-hydrogen) atoms. The van der Waals surface area contributed by atoms with E-state index in [9.17, 15) is 9.59 Å². The van der Waals surface area contributed by atoms with E-state index in [2.05, 4.69) is 4.98 Å². The number of rotatable bonds is 2. The highest BCUT2D eigenvalue weighted by atomic mass is 35.5. The van der Waals surface area contributed by atoms with Gasteiger partial charge in [-0.1, -0.05) is 11.6 Å². The van der Waals surface area contributed by atoms with Crippen LogP contribution in [0.3, 0.4) is 0 Å². The summed E-state index contributed by atoms with van der Waals surface area (Å²) in [6.07, 6.45) is 1.76. The Balaban J connectivity index is 2.32. The Kier molecular flexibility index (Phi) is 3.02. The second-order valence-corrected chi connectivity index (χ2v) is 4.49. The molecule has 0 spiro atoms. The Labute approximate surface area is 104 Å². The van der Waals surface area contributed by atoms with Gasteiger partial charge in [-0.2, -0.15) is 0 Å². The third kappa shape index (κ3) is 2.24. The molecule has 2 amide bonds. The maximum absolute atomic E-state index is 11.8. The number of nitrogens with zero attached hydrogens (tertiary/aromatic N) is 2. The molecule has 1 saturated heterocycles. The maximum atomic E-state index is 11.8. The van der Waals surface area contributed by atoms with Crippen molar-refractivity contribution >= 4 is 29.1 Å². The molecule has 1 atom stereocenters. The first-order valence-electron chi connectivity index (χ1n) is 5.21. The van der Waals surface area contributed by atoms with Gasteiger partial charge in [0, 0.05) is 19.2 Å². The normalized spacial score (nSPS) is 19.8. The molecule has 1 aliphatic heterocycles. The molecule has 5 nitrogen and oxygen atoms in total. The second-order valence-electron chi connectivity index (χ2n) is 4.13. The number of primary amides is 1. The fourth-order valence-electron chi connectivity index (χ4n) is 1.86. The molecule has 0 saturated carbocycles. The molecule has 6 heteroatoms. The Bertz CT molecular complexity index is 490. The predicted octanol–water partition coefficient (Wildman–Crippen LogP) is 0.882. The molecule has 2 N–H and O–H groups in total. The molecular formula is C11H12ClN3O2. The Hall–Kier alpha value is -1.62. The largest absolute Gasteiger partial charge is 0.369 e. The van der Waals surface area contributed by atoms with Gasteiger partial charge in [-0.3, -0.25) is 9.59 Å². The lowest BCUT2D eigenvalue weighted by atomic mass is 10.1. The first-order valence-corrected chi connectivity index (χ1v) is 5.58. The fraction of sp³-hybridized carbons (Fsp3) is 0.364. The lowest BCUT2D eigenvalue weighted by molar-refractivity contribution is -0.123. The minimum atomic E-state index is -0.461. The summed E-state index contributed by atoms with van der Waals surface area (Å²) < 4.78 is 0. The maximum Gasteiger partial charge on any atom is 0.227 e. The lowest BCUT2D eigenvalue weighted by Crippen LogP contribution is -2.28. The fourth-order valence-corrected chi connectivity index (χ4v) is 2.06. The number of carbonyl (C=O) groups excluding carboxylic acids is 2. The highest BCUT2D eigenvalue weighted by Gasteiger charge is 2.35. The Morgan fingerprint density at radius 1 is 1.65 bits per heavy atom. The van der Waals surface area contributed by atoms with Crippen molar-refractivity contribution in [1.29, 1.82) is 0 Å². The van der Waals surface area contributed by atoms with Crippen molar-refractivity contribution in [2.75, 3.05) is 11.4 Å². The molecule has 0 radical (unpaired) electrons. The molecule has 1 aliphatic rings. The standard InChI is InChI=1S/C11H12ClN3O2/c1-6-2-8(10(12)14-4-6)15-5-7(11(13)17)3-9(15)16/h2,4,7H,3,5H2,1H3,(H2,13,17). The van der Waals surface area contributed by atoms with E-state index in [0.29, 0.717) is 5.69 Å². The molecule has 0 aliphatic carbocycles. The average molecular weight is 254 g/mol. The first kappa shape index (κ1) is 11.9. The first-order chi connectivity index (χ1) is 7.99. The molecule has 1 aromatic rings. The third-order valence-corrected chi connectivity index (χ3v) is 3.07. The van der Waals surface area contributed by atoms with Crippen LogP contribution in [0.15, 0.2) is 12.3 Å². The third-order valence-electron chi connectivity index (χ3n) is 2.78. The molecule has 2 heterocycles. The van der Waals surface area contributed by atoms with Gasteiger partial charge in [0.25, 0.3) is 0 Å². The van der Waals surface area contributed by atoms with Gasteiger partial charge in [0.1, 0.15) is 0 Å². The van der Waals surface area contributed by atoms with Gasteiger partial charge in [-0.05, 0) is 18.6 Å². The monoisotopic (exact) mass is 253 g/mol. The van der Waals surface area contributed by atoms with Crippen LogP contribution in [0.1, 0.15) is 12.0 Å². The second kappa shape index (κ2) is 4.33. The molecule has 1 fully saturated rings. The van der Waals surface area contributed by atoms with Crippen molar-refractivity contribution < 1.29 is 9.59 Å². The zero-order valence-corrected chi connectivity index (χ0v) is 10.1. The number of hydrogen-bond donors (Lipinski definition) is 1. The van der Waals surface area contributed by atoms with E-state index in [1.54, 1.807) is 12.3 Å². The van der Waals surface area contributed by atoms with E-state index in [1.165, 1.54) is 4.90 Å². The van der Waals surface area contributed by atoms with Crippen LogP contribution in [0.5, 0.6) is 0 Å². The lowest BCUT2D eigenvalue weighted by Gasteiger charge is -2.17. The molecule has 0 aromatic carbocycles. The van der Waals surface area contributed by atoms with Crippen LogP contribution in [0.4, 0.5) is 5.69 Å². The molecule has 1 unspecified atom stereocenters. The molecule has 0 bridgehead atoms. The van der Waals surface area contributed by atoms with Gasteiger partial charge < -0.3 is 10.6 Å². The van der Waals surface area contributed by atoms with Gasteiger partial charge in [-0.25, -0.2) is 4.98 Å². The highest BCUT2D eigenvalue weighted by Crippen LogP contribution is 2.30. The van der Waals surface area contributed by atoms with E-state index in [-0.39, 0.29) is 24.0 Å². The summed E-state index contributed by atoms with van der Waals surface area (Å²) in [4.78, 5) is 28.3. The minimum Gasteiger partial charge on any atom is -0.369 e. The number of anilines is 1. The van der Waals surface area contributed by atoms with E-state index in [0.717, 1.165) is 5.56 Å². The molecule has 2 rings (SSSR count). The summed E-state index contributed by atoms with van der Waals surface area (Å²) in [6, 6.07) is 1.77. The van der Waals surface area contributed by atoms with Gasteiger partial charge in [0.15, 0.2) is 5.15 Å². The smallest absolute Gasteiger partial charge is 0.227 e. The van der Waals surface area contributed by atoms with Crippen molar-refractivity contribution in [3.05, 3.63) is 23.0 Å². The van der Waals surface area contributed by atoms with Crippen LogP contribution in [0.2, 0.25) is 5.15 Å². The zero-order chi connectivity index (χ0) is 12.6. The van der Waals surface area contributed by atoms with Crippen molar-refractivity contribution in [1.82, 2.24) is 4.98 Å². The summed E-state index contributed by atoms with van der Waals surface area (Å²) in [7, 11) is 0. The quantitative estimate of drug-likeness (QED) is 0.795. The van der Waals surface area contributed by atoms with Gasteiger partial charge >= 0.3 is 0 Å². The van der Waals surface area contributed by atoms with Gasteiger partial charge in [0.2, 0.25) is 11.8 Å². The molecule has 1 aromatic heterocycles. The summed E-state index contributed by atoms with van der Waals surface area (Å²) in [5.74, 6) is -1.06. The van der Waals surface area contributed by atoms with Crippen molar-refractivity contribution in [2.24, 2.45) is 11.7 Å². The highest BCUT2D eigenvalue weighted by molar-refractivity contribution is 6.32. The number of hydrogen-bond acceptors (Lipinski definition) is 3. The van der Waals surface area contributed by atoms with Crippen molar-refractivity contribution in [2.45, 2.75) is 13.3 Å².